The molecule has 112 valence electrons. The van der Waals surface area contributed by atoms with Gasteiger partial charge in [-0.15, -0.1) is 0 Å². The first-order valence-corrected chi connectivity index (χ1v) is 6.52. The van der Waals surface area contributed by atoms with Crippen LogP contribution in [-0.2, 0) is 6.54 Å². The summed E-state index contributed by atoms with van der Waals surface area (Å²) < 4.78 is 51.7. The van der Waals surface area contributed by atoms with Crippen molar-refractivity contribution in [1.29, 1.82) is 0 Å². The summed E-state index contributed by atoms with van der Waals surface area (Å²) in [6.45, 7) is 0.772. The number of rotatable bonds is 3. The highest BCUT2D eigenvalue weighted by atomic mass is 19.4. The Hall–Kier alpha value is -1.37. The van der Waals surface area contributed by atoms with Crippen molar-refractivity contribution in [2.75, 3.05) is 25.0 Å². The zero-order chi connectivity index (χ0) is 14.8. The molecule has 1 aliphatic heterocycles. The first kappa shape index (κ1) is 15.0. The van der Waals surface area contributed by atoms with Crippen molar-refractivity contribution in [3.05, 3.63) is 23.6 Å². The Morgan fingerprint density at radius 1 is 1.45 bits per heavy atom. The van der Waals surface area contributed by atoms with Gasteiger partial charge in [-0.25, -0.2) is 9.37 Å². The van der Waals surface area contributed by atoms with Gasteiger partial charge in [0.25, 0.3) is 0 Å². The van der Waals surface area contributed by atoms with Crippen LogP contribution in [0.4, 0.5) is 23.4 Å². The number of halogens is 4. The molecule has 1 aromatic rings. The smallest absolute Gasteiger partial charge is 0.356 e. The summed E-state index contributed by atoms with van der Waals surface area (Å²) in [7, 11) is 1.70. The molecule has 20 heavy (non-hydrogen) atoms. The van der Waals surface area contributed by atoms with Crippen molar-refractivity contribution in [3.8, 4) is 0 Å². The molecule has 0 amide bonds. The predicted octanol–water partition coefficient (Wildman–Crippen LogP) is 2.72. The monoisotopic (exact) mass is 291 g/mol. The summed E-state index contributed by atoms with van der Waals surface area (Å²) in [6.07, 6.45) is -2.54. The normalized spacial score (nSPS) is 20.2. The van der Waals surface area contributed by atoms with Crippen LogP contribution in [0.5, 0.6) is 0 Å². The molecular weight excluding hydrogens is 274 g/mol. The van der Waals surface area contributed by atoms with E-state index in [-0.39, 0.29) is 13.0 Å². The van der Waals surface area contributed by atoms with E-state index >= 15 is 0 Å². The zero-order valence-electron chi connectivity index (χ0n) is 11.2. The van der Waals surface area contributed by atoms with Gasteiger partial charge >= 0.3 is 6.18 Å². The molecule has 1 aromatic heterocycles. The molecule has 0 aliphatic carbocycles. The van der Waals surface area contributed by atoms with Crippen molar-refractivity contribution in [3.63, 3.8) is 0 Å². The van der Waals surface area contributed by atoms with E-state index < -0.39 is 17.9 Å². The van der Waals surface area contributed by atoms with E-state index in [0.29, 0.717) is 30.9 Å². The van der Waals surface area contributed by atoms with Gasteiger partial charge in [-0.2, -0.15) is 13.2 Å². The summed E-state index contributed by atoms with van der Waals surface area (Å²) in [5.74, 6) is -1.39. The lowest BCUT2D eigenvalue weighted by atomic mass is 9.97. The van der Waals surface area contributed by atoms with Crippen molar-refractivity contribution in [1.82, 2.24) is 10.3 Å². The third kappa shape index (κ3) is 3.39. The molecule has 0 spiro atoms. The minimum absolute atomic E-state index is 0.112. The molecule has 0 bridgehead atoms. The van der Waals surface area contributed by atoms with Crippen LogP contribution in [0, 0.1) is 11.7 Å². The van der Waals surface area contributed by atoms with Crippen LogP contribution in [-0.4, -0.2) is 31.3 Å². The lowest BCUT2D eigenvalue weighted by Crippen LogP contribution is -2.42. The number of nitrogens with zero attached hydrogens (tertiary/aromatic N) is 2. The number of hydrogen-bond donors (Lipinski definition) is 1. The fourth-order valence-corrected chi connectivity index (χ4v) is 2.52. The average Bonchev–Trinajstić information content (AvgIpc) is 2.38. The molecule has 2 rings (SSSR count). The van der Waals surface area contributed by atoms with Crippen molar-refractivity contribution in [2.45, 2.75) is 25.6 Å². The van der Waals surface area contributed by atoms with Crippen molar-refractivity contribution < 1.29 is 17.6 Å². The zero-order valence-corrected chi connectivity index (χ0v) is 11.2. The Labute approximate surface area is 115 Å². The van der Waals surface area contributed by atoms with Gasteiger partial charge in [0, 0.05) is 25.2 Å². The van der Waals surface area contributed by atoms with E-state index in [0.717, 1.165) is 6.20 Å². The topological polar surface area (TPSA) is 28.2 Å². The van der Waals surface area contributed by atoms with E-state index in [2.05, 4.69) is 10.3 Å². The minimum Gasteiger partial charge on any atom is -0.356 e. The Bertz CT molecular complexity index is 461. The maximum Gasteiger partial charge on any atom is 0.393 e. The van der Waals surface area contributed by atoms with E-state index in [1.165, 1.54) is 6.07 Å². The Balaban J connectivity index is 2.22. The van der Waals surface area contributed by atoms with Gasteiger partial charge in [0.15, 0.2) is 0 Å². The molecule has 1 atom stereocenters. The van der Waals surface area contributed by atoms with Crippen LogP contribution >= 0.6 is 0 Å². The van der Waals surface area contributed by atoms with Crippen LogP contribution in [0.1, 0.15) is 18.4 Å². The van der Waals surface area contributed by atoms with Crippen LogP contribution in [0.3, 0.4) is 0 Å². The number of piperidine rings is 1. The molecule has 1 unspecified atom stereocenters. The molecule has 1 fully saturated rings. The summed E-state index contributed by atoms with van der Waals surface area (Å²) in [6, 6.07) is 1.32. The molecule has 3 nitrogen and oxygen atoms in total. The molecule has 7 heteroatoms. The van der Waals surface area contributed by atoms with Gasteiger partial charge < -0.3 is 10.2 Å². The fraction of sp³-hybridized carbons (Fsp3) is 0.615. The van der Waals surface area contributed by atoms with Gasteiger partial charge in [-0.05, 0) is 26.0 Å². The lowest BCUT2D eigenvalue weighted by molar-refractivity contribution is -0.176. The summed E-state index contributed by atoms with van der Waals surface area (Å²) >= 11 is 0. The first-order chi connectivity index (χ1) is 9.41. The van der Waals surface area contributed by atoms with Crippen molar-refractivity contribution >= 4 is 5.82 Å². The molecule has 0 saturated carbocycles. The second-order valence-corrected chi connectivity index (χ2v) is 4.99. The highest BCUT2D eigenvalue weighted by Crippen LogP contribution is 2.35. The van der Waals surface area contributed by atoms with Crippen LogP contribution < -0.4 is 10.2 Å². The third-order valence-corrected chi connectivity index (χ3v) is 3.46. The second kappa shape index (κ2) is 5.95. The quantitative estimate of drug-likeness (QED) is 0.868. The van der Waals surface area contributed by atoms with Gasteiger partial charge in [-0.1, -0.05) is 0 Å². The number of alkyl halides is 3. The first-order valence-electron chi connectivity index (χ1n) is 6.52. The number of hydrogen-bond acceptors (Lipinski definition) is 3. The van der Waals surface area contributed by atoms with Crippen LogP contribution in [0.25, 0.3) is 0 Å². The molecule has 0 aromatic carbocycles. The number of nitrogens with one attached hydrogen (secondary N) is 1. The fourth-order valence-electron chi connectivity index (χ4n) is 2.52. The maximum absolute atomic E-state index is 13.2. The molecule has 1 saturated heterocycles. The van der Waals surface area contributed by atoms with E-state index in [1.54, 1.807) is 11.9 Å². The van der Waals surface area contributed by atoms with Gasteiger partial charge in [0.1, 0.15) is 11.6 Å². The molecular formula is C13H17F4N3. The van der Waals surface area contributed by atoms with Gasteiger partial charge in [-0.3, -0.25) is 0 Å². The SMILES string of the molecule is CNCc1cc(F)cnc1N1CCCC(C(F)(F)F)C1. The Morgan fingerprint density at radius 3 is 2.85 bits per heavy atom. The maximum atomic E-state index is 13.2. The predicted molar refractivity (Wildman–Crippen MR) is 68.0 cm³/mol. The number of pyridine rings is 1. The molecule has 1 N–H and O–H groups in total. The minimum atomic E-state index is -4.19. The number of aromatic nitrogens is 1. The van der Waals surface area contributed by atoms with Crippen LogP contribution in [0.2, 0.25) is 0 Å². The summed E-state index contributed by atoms with van der Waals surface area (Å²) in [4.78, 5) is 5.59. The van der Waals surface area contributed by atoms with E-state index in [4.69, 9.17) is 0 Å². The largest absolute Gasteiger partial charge is 0.393 e. The van der Waals surface area contributed by atoms with E-state index in [1.807, 2.05) is 0 Å². The second-order valence-electron chi connectivity index (χ2n) is 4.99. The standard InChI is InChI=1S/C13H17F4N3/c1-18-6-9-5-11(14)7-19-12(9)20-4-2-3-10(8-20)13(15,16)17/h5,7,10,18H,2-4,6,8H2,1H3. The van der Waals surface area contributed by atoms with Gasteiger partial charge in [0.2, 0.25) is 0 Å². The summed E-state index contributed by atoms with van der Waals surface area (Å²) in [5, 5.41) is 2.88. The van der Waals surface area contributed by atoms with E-state index in [9.17, 15) is 17.6 Å². The van der Waals surface area contributed by atoms with Gasteiger partial charge in [0.05, 0.1) is 12.1 Å². The Kier molecular flexibility index (Phi) is 4.47. The molecule has 2 heterocycles. The van der Waals surface area contributed by atoms with Crippen molar-refractivity contribution in [2.24, 2.45) is 5.92 Å². The third-order valence-electron chi connectivity index (χ3n) is 3.46. The molecule has 0 radical (unpaired) electrons. The average molecular weight is 291 g/mol. The highest BCUT2D eigenvalue weighted by molar-refractivity contribution is 5.47. The highest BCUT2D eigenvalue weighted by Gasteiger charge is 2.42. The molecule has 1 aliphatic rings. The summed E-state index contributed by atoms with van der Waals surface area (Å²) in [5.41, 5.74) is 0.579. The van der Waals surface area contributed by atoms with Crippen LogP contribution in [0.15, 0.2) is 12.3 Å². The Morgan fingerprint density at radius 2 is 2.20 bits per heavy atom. The number of anilines is 1. The lowest BCUT2D eigenvalue weighted by Gasteiger charge is -2.35.